The first-order chi connectivity index (χ1) is 9.19. The number of carbonyl (C=O) groups is 1. The Morgan fingerprint density at radius 2 is 2.53 bits per heavy atom. The van der Waals surface area contributed by atoms with Crippen molar-refractivity contribution in [3.8, 4) is 6.07 Å². The van der Waals surface area contributed by atoms with E-state index in [1.165, 1.54) is 0 Å². The van der Waals surface area contributed by atoms with Crippen LogP contribution in [0.2, 0.25) is 0 Å². The Labute approximate surface area is 116 Å². The van der Waals surface area contributed by atoms with E-state index in [1.54, 1.807) is 17.4 Å². The van der Waals surface area contributed by atoms with Crippen LogP contribution in [-0.4, -0.2) is 25.2 Å². The Bertz CT molecular complexity index is 522. The third-order valence-electron chi connectivity index (χ3n) is 2.93. The van der Waals surface area contributed by atoms with Crippen LogP contribution in [-0.2, 0) is 9.53 Å². The number of amides is 1. The molecule has 1 aliphatic heterocycles. The van der Waals surface area contributed by atoms with Crippen molar-refractivity contribution in [1.82, 2.24) is 5.32 Å². The molecule has 19 heavy (non-hydrogen) atoms. The summed E-state index contributed by atoms with van der Waals surface area (Å²) in [6.07, 6.45) is 3.72. The maximum atomic E-state index is 11.9. The van der Waals surface area contributed by atoms with Crippen LogP contribution in [0.1, 0.15) is 22.6 Å². The molecule has 1 N–H and O–H groups in total. The summed E-state index contributed by atoms with van der Waals surface area (Å²) in [5, 5.41) is 11.8. The normalized spacial score (nSPS) is 19.2. The second kappa shape index (κ2) is 6.50. The average Bonchev–Trinajstić information content (AvgIpc) is 3.04. The molecular formula is C14H16N2O2S. The van der Waals surface area contributed by atoms with Crippen LogP contribution in [0.4, 0.5) is 0 Å². The Kier molecular flexibility index (Phi) is 4.72. The van der Waals surface area contributed by atoms with E-state index >= 15 is 0 Å². The van der Waals surface area contributed by atoms with Crippen LogP contribution in [0.3, 0.4) is 0 Å². The fraction of sp³-hybridized carbons (Fsp3) is 0.429. The van der Waals surface area contributed by atoms with Crippen LogP contribution in [0.15, 0.2) is 17.7 Å². The molecule has 1 aromatic heterocycles. The molecule has 0 aromatic carbocycles. The van der Waals surface area contributed by atoms with E-state index in [0.717, 1.165) is 29.2 Å². The standard InChI is InChI=1S/C14H16N2O2S/c1-10-4-5-13(19-10)7-11(8-15)14(17)16-9-12-3-2-6-18-12/h4-5,7,12H,2-3,6,9H2,1H3,(H,16,17)/b11-7+. The van der Waals surface area contributed by atoms with Gasteiger partial charge in [0.1, 0.15) is 11.6 Å². The molecule has 0 radical (unpaired) electrons. The van der Waals surface area contributed by atoms with Crippen molar-refractivity contribution in [2.45, 2.75) is 25.9 Å². The molecule has 100 valence electrons. The Balaban J connectivity index is 1.95. The third-order valence-corrected chi connectivity index (χ3v) is 3.87. The van der Waals surface area contributed by atoms with Gasteiger partial charge in [-0.1, -0.05) is 0 Å². The van der Waals surface area contributed by atoms with E-state index in [9.17, 15) is 4.79 Å². The van der Waals surface area contributed by atoms with Gasteiger partial charge in [0, 0.05) is 22.9 Å². The van der Waals surface area contributed by atoms with Crippen molar-refractivity contribution in [3.05, 3.63) is 27.5 Å². The zero-order valence-electron chi connectivity index (χ0n) is 10.8. The lowest BCUT2D eigenvalue weighted by atomic mass is 10.2. The number of ether oxygens (including phenoxy) is 1. The number of nitrogens with zero attached hydrogens (tertiary/aromatic N) is 1. The fourth-order valence-electron chi connectivity index (χ4n) is 1.93. The van der Waals surface area contributed by atoms with Gasteiger partial charge < -0.3 is 10.1 Å². The minimum Gasteiger partial charge on any atom is -0.376 e. The molecule has 2 rings (SSSR count). The van der Waals surface area contributed by atoms with Crippen LogP contribution >= 0.6 is 11.3 Å². The summed E-state index contributed by atoms with van der Waals surface area (Å²) in [7, 11) is 0. The van der Waals surface area contributed by atoms with Gasteiger partial charge in [0.05, 0.1) is 6.10 Å². The zero-order chi connectivity index (χ0) is 13.7. The summed E-state index contributed by atoms with van der Waals surface area (Å²) >= 11 is 1.56. The van der Waals surface area contributed by atoms with Gasteiger partial charge in [0.25, 0.3) is 5.91 Å². The van der Waals surface area contributed by atoms with Gasteiger partial charge in [0.2, 0.25) is 0 Å². The predicted octanol–water partition coefficient (Wildman–Crippen LogP) is 2.26. The average molecular weight is 276 g/mol. The molecule has 1 fully saturated rings. The minimum atomic E-state index is -0.330. The Morgan fingerprint density at radius 1 is 1.68 bits per heavy atom. The van der Waals surface area contributed by atoms with Gasteiger partial charge in [-0.2, -0.15) is 5.26 Å². The number of nitriles is 1. The smallest absolute Gasteiger partial charge is 0.262 e. The van der Waals surface area contributed by atoms with E-state index in [4.69, 9.17) is 10.00 Å². The van der Waals surface area contributed by atoms with Crippen molar-refractivity contribution in [1.29, 1.82) is 5.26 Å². The number of hydrogen-bond acceptors (Lipinski definition) is 4. The third kappa shape index (κ3) is 3.91. The van der Waals surface area contributed by atoms with Crippen molar-refractivity contribution in [2.24, 2.45) is 0 Å². The Morgan fingerprint density at radius 3 is 3.11 bits per heavy atom. The number of rotatable bonds is 4. The lowest BCUT2D eigenvalue weighted by molar-refractivity contribution is -0.117. The summed E-state index contributed by atoms with van der Waals surface area (Å²) < 4.78 is 5.42. The SMILES string of the molecule is Cc1ccc(/C=C(\C#N)C(=O)NCC2CCCO2)s1. The first kappa shape index (κ1) is 13.8. The van der Waals surface area contributed by atoms with Crippen molar-refractivity contribution in [3.63, 3.8) is 0 Å². The summed E-state index contributed by atoms with van der Waals surface area (Å²) in [5.74, 6) is -0.330. The molecule has 0 saturated carbocycles. The van der Waals surface area contributed by atoms with Crippen molar-refractivity contribution >= 4 is 23.3 Å². The van der Waals surface area contributed by atoms with E-state index in [0.29, 0.717) is 6.54 Å². The lowest BCUT2D eigenvalue weighted by Gasteiger charge is -2.09. The highest BCUT2D eigenvalue weighted by molar-refractivity contribution is 7.12. The fourth-order valence-corrected chi connectivity index (χ4v) is 2.75. The molecule has 0 bridgehead atoms. The predicted molar refractivity (Wildman–Crippen MR) is 74.6 cm³/mol. The highest BCUT2D eigenvalue weighted by Crippen LogP contribution is 2.18. The van der Waals surface area contributed by atoms with Crippen LogP contribution in [0, 0.1) is 18.3 Å². The van der Waals surface area contributed by atoms with Gasteiger partial charge in [-0.3, -0.25) is 4.79 Å². The first-order valence-corrected chi connectivity index (χ1v) is 7.08. The van der Waals surface area contributed by atoms with Gasteiger partial charge in [0.15, 0.2) is 0 Å². The molecule has 0 spiro atoms. The molecule has 4 nitrogen and oxygen atoms in total. The van der Waals surface area contributed by atoms with Gasteiger partial charge >= 0.3 is 0 Å². The van der Waals surface area contributed by atoms with E-state index < -0.39 is 0 Å². The highest BCUT2D eigenvalue weighted by atomic mass is 32.1. The number of thiophene rings is 1. The number of carbonyl (C=O) groups excluding carboxylic acids is 1. The quantitative estimate of drug-likeness (QED) is 0.677. The zero-order valence-corrected chi connectivity index (χ0v) is 11.6. The highest BCUT2D eigenvalue weighted by Gasteiger charge is 2.17. The molecule has 1 atom stereocenters. The molecular weight excluding hydrogens is 260 g/mol. The maximum Gasteiger partial charge on any atom is 0.262 e. The molecule has 2 heterocycles. The molecule has 1 aliphatic rings. The van der Waals surface area contributed by atoms with Gasteiger partial charge in [-0.05, 0) is 38.0 Å². The van der Waals surface area contributed by atoms with E-state index in [1.807, 2.05) is 25.1 Å². The maximum absolute atomic E-state index is 11.9. The molecule has 1 aromatic rings. The molecule has 1 unspecified atom stereocenters. The second-order valence-corrected chi connectivity index (χ2v) is 5.78. The summed E-state index contributed by atoms with van der Waals surface area (Å²) in [4.78, 5) is 14.0. The monoisotopic (exact) mass is 276 g/mol. The molecule has 0 aliphatic carbocycles. The van der Waals surface area contributed by atoms with E-state index in [-0.39, 0.29) is 17.6 Å². The number of aryl methyl sites for hydroxylation is 1. The Hall–Kier alpha value is -1.64. The van der Waals surface area contributed by atoms with E-state index in [2.05, 4.69) is 5.32 Å². The van der Waals surface area contributed by atoms with Crippen LogP contribution in [0.25, 0.3) is 6.08 Å². The number of hydrogen-bond donors (Lipinski definition) is 1. The molecule has 1 amide bonds. The van der Waals surface area contributed by atoms with Crippen molar-refractivity contribution in [2.75, 3.05) is 13.2 Å². The van der Waals surface area contributed by atoms with Crippen LogP contribution in [0.5, 0.6) is 0 Å². The topological polar surface area (TPSA) is 62.1 Å². The van der Waals surface area contributed by atoms with Crippen molar-refractivity contribution < 1.29 is 9.53 Å². The second-order valence-electron chi connectivity index (χ2n) is 4.46. The molecule has 1 saturated heterocycles. The van der Waals surface area contributed by atoms with Gasteiger partial charge in [-0.15, -0.1) is 11.3 Å². The van der Waals surface area contributed by atoms with Crippen LogP contribution < -0.4 is 5.32 Å². The van der Waals surface area contributed by atoms with Gasteiger partial charge in [-0.25, -0.2) is 0 Å². The first-order valence-electron chi connectivity index (χ1n) is 6.27. The summed E-state index contributed by atoms with van der Waals surface area (Å²) in [5.41, 5.74) is 0.139. The number of nitrogens with one attached hydrogen (secondary N) is 1. The molecule has 5 heteroatoms. The lowest BCUT2D eigenvalue weighted by Crippen LogP contribution is -2.32. The summed E-state index contributed by atoms with van der Waals surface area (Å²) in [6.45, 7) is 3.23. The minimum absolute atomic E-state index is 0.0906. The summed E-state index contributed by atoms with van der Waals surface area (Å²) in [6, 6.07) is 5.83. The largest absolute Gasteiger partial charge is 0.376 e.